The average molecular weight is 388 g/mol. The number of nitriles is 1. The lowest BCUT2D eigenvalue weighted by Crippen LogP contribution is -2.38. The normalized spacial score (nSPS) is 24.2. The Morgan fingerprint density at radius 3 is 2.69 bits per heavy atom. The molecule has 2 heterocycles. The Kier molecular flexibility index (Phi) is 5.26. The molecule has 5 nitrogen and oxygen atoms in total. The Hall–Kier alpha value is -2.42. The van der Waals surface area contributed by atoms with Gasteiger partial charge in [-0.15, -0.1) is 0 Å². The largest absolute Gasteiger partial charge is 0.464 e. The summed E-state index contributed by atoms with van der Waals surface area (Å²) in [5.74, 6) is -1.17. The SMILES string of the molecule is CCOC(=O)[C@@H]1N=C[C@](C#N)(c2ccncc2)[C@@H]1c1cccc(Cl)c1Cl. The van der Waals surface area contributed by atoms with Crippen LogP contribution in [-0.4, -0.2) is 29.8 Å². The van der Waals surface area contributed by atoms with Crippen LogP contribution in [0.2, 0.25) is 10.0 Å². The van der Waals surface area contributed by atoms with Crippen molar-refractivity contribution in [2.45, 2.75) is 24.3 Å². The van der Waals surface area contributed by atoms with Crippen molar-refractivity contribution >= 4 is 35.4 Å². The van der Waals surface area contributed by atoms with Crippen LogP contribution in [0.4, 0.5) is 0 Å². The van der Waals surface area contributed by atoms with Crippen LogP contribution >= 0.6 is 23.2 Å². The fourth-order valence-corrected chi connectivity index (χ4v) is 3.68. The highest BCUT2D eigenvalue weighted by molar-refractivity contribution is 6.42. The summed E-state index contributed by atoms with van der Waals surface area (Å²) >= 11 is 12.6. The standard InChI is InChI=1S/C19H15Cl2N3O2/c1-2-26-18(25)17-15(13-4-3-5-14(20)16(13)21)19(10-22,11-24-17)12-6-8-23-9-7-12/h3-9,11,15,17H,2H2,1H3/t15-,17-,19-/m1/s1. The summed E-state index contributed by atoms with van der Waals surface area (Å²) in [4.78, 5) is 20.9. The van der Waals surface area contributed by atoms with Crippen molar-refractivity contribution in [1.29, 1.82) is 5.26 Å². The monoisotopic (exact) mass is 387 g/mol. The Balaban J connectivity index is 2.21. The average Bonchev–Trinajstić information content (AvgIpc) is 3.05. The quantitative estimate of drug-likeness (QED) is 0.744. The fourth-order valence-electron chi connectivity index (χ4n) is 3.26. The van der Waals surface area contributed by atoms with E-state index in [4.69, 9.17) is 27.9 Å². The van der Waals surface area contributed by atoms with Gasteiger partial charge < -0.3 is 4.74 Å². The Morgan fingerprint density at radius 2 is 2.04 bits per heavy atom. The van der Waals surface area contributed by atoms with E-state index in [1.807, 2.05) is 0 Å². The van der Waals surface area contributed by atoms with Crippen LogP contribution in [-0.2, 0) is 14.9 Å². The predicted octanol–water partition coefficient (Wildman–Crippen LogP) is 3.95. The van der Waals surface area contributed by atoms with Crippen molar-refractivity contribution in [2.75, 3.05) is 6.61 Å². The number of esters is 1. The van der Waals surface area contributed by atoms with Crippen molar-refractivity contribution in [1.82, 2.24) is 4.98 Å². The topological polar surface area (TPSA) is 75.3 Å². The minimum Gasteiger partial charge on any atom is -0.464 e. The molecule has 0 radical (unpaired) electrons. The first kappa shape index (κ1) is 18.4. The second-order valence-corrected chi connectivity index (χ2v) is 6.60. The van der Waals surface area contributed by atoms with Crippen molar-refractivity contribution in [3.05, 3.63) is 63.9 Å². The summed E-state index contributed by atoms with van der Waals surface area (Å²) < 4.78 is 5.17. The van der Waals surface area contributed by atoms with E-state index in [1.54, 1.807) is 49.6 Å². The minimum absolute atomic E-state index is 0.218. The summed E-state index contributed by atoms with van der Waals surface area (Å²) in [6, 6.07) is 10.0. The number of aliphatic imine (C=N–C) groups is 1. The zero-order chi connectivity index (χ0) is 18.7. The van der Waals surface area contributed by atoms with Crippen LogP contribution in [0.3, 0.4) is 0 Å². The predicted molar refractivity (Wildman–Crippen MR) is 99.6 cm³/mol. The molecule has 1 aliphatic rings. The zero-order valence-corrected chi connectivity index (χ0v) is 15.4. The highest BCUT2D eigenvalue weighted by Crippen LogP contribution is 2.48. The van der Waals surface area contributed by atoms with E-state index in [9.17, 15) is 10.1 Å². The maximum atomic E-state index is 12.5. The summed E-state index contributed by atoms with van der Waals surface area (Å²) in [7, 11) is 0. The van der Waals surface area contributed by atoms with Crippen LogP contribution in [0.25, 0.3) is 0 Å². The van der Waals surface area contributed by atoms with Gasteiger partial charge in [-0.2, -0.15) is 5.26 Å². The smallest absolute Gasteiger partial charge is 0.331 e. The van der Waals surface area contributed by atoms with Crippen molar-refractivity contribution in [2.24, 2.45) is 4.99 Å². The van der Waals surface area contributed by atoms with Gasteiger partial charge in [0.1, 0.15) is 5.41 Å². The van der Waals surface area contributed by atoms with Crippen LogP contribution < -0.4 is 0 Å². The Bertz CT molecular complexity index is 895. The van der Waals surface area contributed by atoms with Crippen LogP contribution in [0.15, 0.2) is 47.7 Å². The third-order valence-corrected chi connectivity index (χ3v) is 5.27. The van der Waals surface area contributed by atoms with E-state index < -0.39 is 23.3 Å². The second-order valence-electron chi connectivity index (χ2n) is 5.81. The van der Waals surface area contributed by atoms with Gasteiger partial charge in [0.2, 0.25) is 0 Å². The molecule has 0 unspecified atom stereocenters. The van der Waals surface area contributed by atoms with E-state index in [1.165, 1.54) is 6.21 Å². The van der Waals surface area contributed by atoms with Gasteiger partial charge >= 0.3 is 5.97 Å². The molecule has 1 aromatic carbocycles. The maximum absolute atomic E-state index is 12.5. The third kappa shape index (κ3) is 2.96. The lowest BCUT2D eigenvalue weighted by atomic mass is 9.68. The summed E-state index contributed by atoms with van der Waals surface area (Å²) in [5, 5.41) is 10.7. The minimum atomic E-state index is -1.19. The number of hydrogen-bond donors (Lipinski definition) is 0. The van der Waals surface area contributed by atoms with E-state index in [0.29, 0.717) is 21.2 Å². The number of aromatic nitrogens is 1. The van der Waals surface area contributed by atoms with Crippen LogP contribution in [0, 0.1) is 11.3 Å². The van der Waals surface area contributed by atoms with Crippen LogP contribution in [0.1, 0.15) is 24.0 Å². The molecule has 1 aromatic heterocycles. The number of hydrogen-bond acceptors (Lipinski definition) is 5. The van der Waals surface area contributed by atoms with Crippen molar-refractivity contribution < 1.29 is 9.53 Å². The van der Waals surface area contributed by atoms with Gasteiger partial charge in [-0.1, -0.05) is 35.3 Å². The number of carbonyl (C=O) groups excluding carboxylic acids is 1. The molecule has 2 aromatic rings. The lowest BCUT2D eigenvalue weighted by Gasteiger charge is -2.30. The summed E-state index contributed by atoms with van der Waals surface area (Å²) in [6.45, 7) is 1.94. The van der Waals surface area contributed by atoms with Gasteiger partial charge in [-0.3, -0.25) is 9.98 Å². The molecule has 0 N–H and O–H groups in total. The number of carbonyl (C=O) groups is 1. The Morgan fingerprint density at radius 1 is 1.31 bits per heavy atom. The fraction of sp³-hybridized carbons (Fsp3) is 0.263. The second kappa shape index (κ2) is 7.45. The highest BCUT2D eigenvalue weighted by atomic mass is 35.5. The first-order valence-corrected chi connectivity index (χ1v) is 8.77. The number of ether oxygens (including phenoxy) is 1. The van der Waals surface area contributed by atoms with E-state index in [-0.39, 0.29) is 6.61 Å². The van der Waals surface area contributed by atoms with Crippen molar-refractivity contribution in [3.63, 3.8) is 0 Å². The Labute approximate surface area is 161 Å². The van der Waals surface area contributed by atoms with Gasteiger partial charge in [0.15, 0.2) is 6.04 Å². The number of rotatable bonds is 4. The molecule has 0 amide bonds. The lowest BCUT2D eigenvalue weighted by molar-refractivity contribution is -0.145. The molecular formula is C19H15Cl2N3O2. The van der Waals surface area contributed by atoms with Gasteiger partial charge in [-0.25, -0.2) is 4.79 Å². The van der Waals surface area contributed by atoms with Gasteiger partial charge in [0, 0.05) is 24.5 Å². The summed E-state index contributed by atoms with van der Waals surface area (Å²) in [5.41, 5.74) is 0.0639. The zero-order valence-electron chi connectivity index (χ0n) is 13.9. The molecule has 0 saturated heterocycles. The molecule has 0 fully saturated rings. The van der Waals surface area contributed by atoms with Gasteiger partial charge in [0.25, 0.3) is 0 Å². The molecule has 1 aliphatic heterocycles. The molecule has 0 spiro atoms. The van der Waals surface area contributed by atoms with Crippen molar-refractivity contribution in [3.8, 4) is 6.07 Å². The maximum Gasteiger partial charge on any atom is 0.331 e. The summed E-state index contributed by atoms with van der Waals surface area (Å²) in [6.07, 6.45) is 4.69. The first-order chi connectivity index (χ1) is 12.5. The van der Waals surface area contributed by atoms with Gasteiger partial charge in [0.05, 0.1) is 22.7 Å². The molecule has 132 valence electrons. The number of nitrogens with zero attached hydrogens (tertiary/aromatic N) is 3. The van der Waals surface area contributed by atoms with Gasteiger partial charge in [-0.05, 0) is 36.2 Å². The molecule has 0 saturated carbocycles. The highest BCUT2D eigenvalue weighted by Gasteiger charge is 2.52. The molecule has 26 heavy (non-hydrogen) atoms. The molecule has 0 bridgehead atoms. The number of benzene rings is 1. The van der Waals surface area contributed by atoms with Crippen LogP contribution in [0.5, 0.6) is 0 Å². The van der Waals surface area contributed by atoms with E-state index in [0.717, 1.165) is 0 Å². The third-order valence-electron chi connectivity index (χ3n) is 4.43. The number of pyridine rings is 1. The molecule has 7 heteroatoms. The number of halogens is 2. The molecular weight excluding hydrogens is 373 g/mol. The van der Waals surface area contributed by atoms with E-state index >= 15 is 0 Å². The molecule has 3 rings (SSSR count). The first-order valence-electron chi connectivity index (χ1n) is 8.01. The molecule has 3 atom stereocenters. The van der Waals surface area contributed by atoms with E-state index in [2.05, 4.69) is 16.0 Å². The molecule has 0 aliphatic carbocycles.